The molecule has 10 unspecified atom stereocenters. The zero-order valence-corrected chi connectivity index (χ0v) is 27.2. The summed E-state index contributed by atoms with van der Waals surface area (Å²) in [5, 5.41) is 12.3. The van der Waals surface area contributed by atoms with Gasteiger partial charge in [-0.3, -0.25) is 9.59 Å². The molecule has 0 aromatic heterocycles. The van der Waals surface area contributed by atoms with Gasteiger partial charge < -0.3 is 33.5 Å². The van der Waals surface area contributed by atoms with E-state index in [9.17, 15) is 33.9 Å². The molecular formula is C33H40O13. The maximum absolute atomic E-state index is 13.8. The Labute approximate surface area is 266 Å². The fourth-order valence-corrected chi connectivity index (χ4v) is 9.06. The van der Waals surface area contributed by atoms with E-state index in [2.05, 4.69) is 0 Å². The first-order valence-corrected chi connectivity index (χ1v) is 15.2. The van der Waals surface area contributed by atoms with E-state index in [4.69, 9.17) is 28.4 Å². The summed E-state index contributed by atoms with van der Waals surface area (Å²) in [6, 6.07) is 0. The number of Topliss-reactive ketones (excluding diaryl/α,β-unsaturated/α-hetero) is 1. The zero-order chi connectivity index (χ0) is 34.1. The first-order chi connectivity index (χ1) is 21.4. The van der Waals surface area contributed by atoms with Crippen molar-refractivity contribution in [1.82, 2.24) is 0 Å². The summed E-state index contributed by atoms with van der Waals surface area (Å²) in [4.78, 5) is 79.4. The van der Waals surface area contributed by atoms with E-state index in [0.29, 0.717) is 16.7 Å². The van der Waals surface area contributed by atoms with Crippen LogP contribution in [0.2, 0.25) is 0 Å². The van der Waals surface area contributed by atoms with Gasteiger partial charge in [-0.2, -0.15) is 0 Å². The topological polar surface area (TPSA) is 178 Å². The minimum atomic E-state index is -2.26. The molecule has 13 nitrogen and oxygen atoms in total. The van der Waals surface area contributed by atoms with E-state index >= 15 is 0 Å². The van der Waals surface area contributed by atoms with Crippen molar-refractivity contribution in [3.05, 3.63) is 34.6 Å². The maximum atomic E-state index is 13.8. The Balaban J connectivity index is 1.73. The lowest BCUT2D eigenvalue weighted by atomic mass is 9.38. The molecule has 1 N–H and O–H groups in total. The van der Waals surface area contributed by atoms with Crippen molar-refractivity contribution in [3.63, 3.8) is 0 Å². The molecule has 1 spiro atoms. The molecule has 5 aliphatic rings. The van der Waals surface area contributed by atoms with Gasteiger partial charge in [-0.1, -0.05) is 18.1 Å². The number of fused-ring (bicyclic) bond motifs is 2. The molecule has 10 atom stereocenters. The molecule has 4 fully saturated rings. The summed E-state index contributed by atoms with van der Waals surface area (Å²) in [6.45, 7) is 11.0. The summed E-state index contributed by atoms with van der Waals surface area (Å²) in [5.41, 5.74) is -3.09. The lowest BCUT2D eigenvalue weighted by Gasteiger charge is -2.67. The average molecular weight is 645 g/mol. The van der Waals surface area contributed by atoms with E-state index in [-0.39, 0.29) is 25.2 Å². The third kappa shape index (κ3) is 4.73. The number of esters is 5. The summed E-state index contributed by atoms with van der Waals surface area (Å²) in [5.74, 6) is -7.97. The molecule has 2 bridgehead atoms. The van der Waals surface area contributed by atoms with Crippen LogP contribution < -0.4 is 0 Å². The van der Waals surface area contributed by atoms with Gasteiger partial charge in [0.25, 0.3) is 0 Å². The number of allylic oxidation sites excluding steroid dienone is 4. The fraction of sp³-hybridized carbons (Fsp3) is 0.636. The fourth-order valence-electron chi connectivity index (χ4n) is 9.06. The van der Waals surface area contributed by atoms with Crippen molar-refractivity contribution in [2.45, 2.75) is 91.3 Å². The average Bonchev–Trinajstić information content (AvgIpc) is 3.23. The van der Waals surface area contributed by atoms with Crippen molar-refractivity contribution in [2.24, 2.45) is 28.6 Å². The molecule has 2 heterocycles. The molecule has 2 saturated heterocycles. The molecule has 0 aromatic carbocycles. The van der Waals surface area contributed by atoms with Gasteiger partial charge in [-0.05, 0) is 57.9 Å². The van der Waals surface area contributed by atoms with Crippen LogP contribution >= 0.6 is 0 Å². The Morgan fingerprint density at radius 3 is 2.17 bits per heavy atom. The molecule has 13 heteroatoms. The predicted molar refractivity (Wildman–Crippen MR) is 155 cm³/mol. The van der Waals surface area contributed by atoms with Crippen LogP contribution in [0.25, 0.3) is 0 Å². The molecule has 2 saturated carbocycles. The Hall–Kier alpha value is -3.84. The van der Waals surface area contributed by atoms with Crippen molar-refractivity contribution >= 4 is 35.6 Å². The van der Waals surface area contributed by atoms with Crippen LogP contribution in [0, 0.1) is 28.6 Å². The molecule has 3 aliphatic carbocycles. The highest BCUT2D eigenvalue weighted by atomic mass is 16.6. The number of hydrogen-bond acceptors (Lipinski definition) is 13. The minimum Gasteiger partial charge on any atom is -0.467 e. The largest absolute Gasteiger partial charge is 0.467 e. The number of ketones is 1. The molecule has 2 aliphatic heterocycles. The summed E-state index contributed by atoms with van der Waals surface area (Å²) < 4.78 is 34.3. The number of carbonyl (C=O) groups is 6. The van der Waals surface area contributed by atoms with Gasteiger partial charge in [0.05, 0.1) is 25.7 Å². The Morgan fingerprint density at radius 2 is 1.59 bits per heavy atom. The monoisotopic (exact) mass is 644 g/mol. The van der Waals surface area contributed by atoms with Gasteiger partial charge in [0, 0.05) is 36.8 Å². The third-order valence-corrected chi connectivity index (χ3v) is 10.3. The summed E-state index contributed by atoms with van der Waals surface area (Å²) in [7, 11) is 1.09. The SMILES string of the molecule is COC(=O)C12OCC34C(CC5C(C)=C(OC(=O)C=C(C)C)C(=O)CC5(C)C3C(O)C1OC(C)=O)OC(=O)C(OC(=O)C=C(C)C)C24. The number of aliphatic hydroxyl groups is 1. The van der Waals surface area contributed by atoms with Gasteiger partial charge in [-0.15, -0.1) is 0 Å². The van der Waals surface area contributed by atoms with Crippen molar-refractivity contribution in [1.29, 1.82) is 0 Å². The quantitative estimate of drug-likeness (QED) is 0.253. The molecular weight excluding hydrogens is 604 g/mol. The van der Waals surface area contributed by atoms with Crippen LogP contribution in [-0.2, 0) is 57.2 Å². The van der Waals surface area contributed by atoms with E-state index < -0.39 is 94.2 Å². The highest BCUT2D eigenvalue weighted by molar-refractivity contribution is 5.99. The normalized spacial score (nSPS) is 38.8. The summed E-state index contributed by atoms with van der Waals surface area (Å²) in [6.07, 6.45) is -3.73. The van der Waals surface area contributed by atoms with Crippen molar-refractivity contribution in [3.8, 4) is 0 Å². The highest BCUT2D eigenvalue weighted by Gasteiger charge is 2.86. The number of rotatable bonds is 6. The predicted octanol–water partition coefficient (Wildman–Crippen LogP) is 2.04. The van der Waals surface area contributed by atoms with E-state index in [1.807, 2.05) is 0 Å². The van der Waals surface area contributed by atoms with Crippen molar-refractivity contribution < 1.29 is 62.3 Å². The van der Waals surface area contributed by atoms with E-state index in [1.54, 1.807) is 41.5 Å². The Morgan fingerprint density at radius 1 is 0.957 bits per heavy atom. The molecule has 5 rings (SSSR count). The first-order valence-electron chi connectivity index (χ1n) is 15.2. The second-order valence-electron chi connectivity index (χ2n) is 13.7. The zero-order valence-electron chi connectivity index (χ0n) is 27.2. The highest BCUT2D eigenvalue weighted by Crippen LogP contribution is 2.73. The Bertz CT molecular complexity index is 1500. The Kier molecular flexibility index (Phi) is 8.34. The number of aliphatic hydroxyl groups excluding tert-OH is 1. The molecule has 46 heavy (non-hydrogen) atoms. The third-order valence-electron chi connectivity index (χ3n) is 10.3. The van der Waals surface area contributed by atoms with Crippen LogP contribution in [0.15, 0.2) is 34.6 Å². The van der Waals surface area contributed by atoms with Crippen LogP contribution in [0.5, 0.6) is 0 Å². The van der Waals surface area contributed by atoms with Gasteiger partial charge in [0.15, 0.2) is 17.6 Å². The molecule has 0 radical (unpaired) electrons. The van der Waals surface area contributed by atoms with Gasteiger partial charge in [-0.25, -0.2) is 19.2 Å². The smallest absolute Gasteiger partial charge is 0.348 e. The van der Waals surface area contributed by atoms with E-state index in [1.165, 1.54) is 12.2 Å². The second-order valence-corrected chi connectivity index (χ2v) is 13.7. The van der Waals surface area contributed by atoms with Gasteiger partial charge >= 0.3 is 29.8 Å². The second kappa shape index (κ2) is 11.4. The van der Waals surface area contributed by atoms with Crippen LogP contribution in [0.4, 0.5) is 0 Å². The lowest BCUT2D eigenvalue weighted by Crippen LogP contribution is -2.79. The number of carbonyl (C=O) groups excluding carboxylic acids is 6. The maximum Gasteiger partial charge on any atom is 0.348 e. The number of ether oxygens (including phenoxy) is 6. The summed E-state index contributed by atoms with van der Waals surface area (Å²) >= 11 is 0. The van der Waals surface area contributed by atoms with Crippen LogP contribution in [-0.4, -0.2) is 84.5 Å². The van der Waals surface area contributed by atoms with E-state index in [0.717, 1.165) is 14.0 Å². The molecule has 0 aromatic rings. The van der Waals surface area contributed by atoms with Gasteiger partial charge in [0.1, 0.15) is 6.10 Å². The van der Waals surface area contributed by atoms with Gasteiger partial charge in [0.2, 0.25) is 11.7 Å². The molecule has 0 amide bonds. The number of hydrogen-bond donors (Lipinski definition) is 1. The molecule has 250 valence electrons. The van der Waals surface area contributed by atoms with Crippen LogP contribution in [0.1, 0.15) is 61.3 Å². The number of methoxy groups -OCH3 is 1. The minimum absolute atomic E-state index is 0.109. The van der Waals surface area contributed by atoms with Crippen molar-refractivity contribution in [2.75, 3.05) is 13.7 Å². The van der Waals surface area contributed by atoms with Crippen LogP contribution in [0.3, 0.4) is 0 Å². The lowest BCUT2D eigenvalue weighted by molar-refractivity contribution is -0.292. The standard InChI is InChI=1S/C33H40O13/c1-14(2)9-21(36)45-24-16(5)18-11-20-32-13-42-33(30(40)41-8,27(32)25(29(39)44-20)46-22(37)10-15(3)4)28(43-17(6)34)23(38)26(32)31(18,7)12-19(24)35/h9-10,18,20,23,25-28,38H,11-13H2,1-8H3. The first kappa shape index (κ1) is 33.5.